The molecule has 1 aromatic rings. The monoisotopic (exact) mass is 408 g/mol. The molecule has 2 heterocycles. The zero-order valence-corrected chi connectivity index (χ0v) is 17.2. The van der Waals surface area contributed by atoms with E-state index in [0.717, 1.165) is 17.6 Å². The summed E-state index contributed by atoms with van der Waals surface area (Å²) in [5, 5.41) is 3.54. The molecule has 0 saturated carbocycles. The molecule has 0 aromatic heterocycles. The molecule has 1 atom stereocenters. The number of piperidine rings is 2. The largest absolute Gasteiger partial charge is 0.497 e. The predicted molar refractivity (Wildman–Crippen MR) is 108 cm³/mol. The topological polar surface area (TPSA) is 24.5 Å². The molecule has 0 radical (unpaired) electrons. The summed E-state index contributed by atoms with van der Waals surface area (Å²) in [6.45, 7) is 6.32. The van der Waals surface area contributed by atoms with Gasteiger partial charge in [0.1, 0.15) is 5.75 Å². The number of hydrogen-bond donors (Lipinski definition) is 1. The number of halogens is 1. The van der Waals surface area contributed by atoms with Crippen molar-refractivity contribution in [3.05, 3.63) is 28.2 Å². The Morgan fingerprint density at radius 2 is 2.04 bits per heavy atom. The number of methoxy groups -OCH3 is 1. The molecule has 140 valence electrons. The van der Waals surface area contributed by atoms with Crippen LogP contribution in [0.5, 0.6) is 5.75 Å². The number of rotatable bonds is 7. The van der Waals surface area contributed by atoms with Gasteiger partial charge in [-0.3, -0.25) is 0 Å². The first-order chi connectivity index (χ1) is 12.2. The number of nitrogens with one attached hydrogen (secondary N) is 1. The molecule has 0 bridgehead atoms. The van der Waals surface area contributed by atoms with E-state index < -0.39 is 0 Å². The van der Waals surface area contributed by atoms with Gasteiger partial charge in [-0.1, -0.05) is 15.9 Å². The van der Waals surface area contributed by atoms with E-state index in [1.807, 2.05) is 6.07 Å². The average molecular weight is 409 g/mol. The predicted octanol–water partition coefficient (Wildman–Crippen LogP) is 4.49. The Kier molecular flexibility index (Phi) is 7.63. The molecule has 2 aliphatic rings. The van der Waals surface area contributed by atoms with Crippen LogP contribution in [-0.2, 0) is 6.42 Å². The summed E-state index contributed by atoms with van der Waals surface area (Å²) in [5.41, 5.74) is 1.39. The molecule has 2 saturated heterocycles. The highest BCUT2D eigenvalue weighted by molar-refractivity contribution is 9.10. The van der Waals surface area contributed by atoms with E-state index >= 15 is 0 Å². The fraction of sp³-hybridized carbons (Fsp3) is 0.714. The Morgan fingerprint density at radius 3 is 2.76 bits per heavy atom. The lowest BCUT2D eigenvalue weighted by atomic mass is 9.89. The number of hydrogen-bond acceptors (Lipinski definition) is 3. The van der Waals surface area contributed by atoms with Crippen molar-refractivity contribution in [1.29, 1.82) is 0 Å². The minimum absolute atomic E-state index is 0.808. The number of nitrogens with zero attached hydrogens (tertiary/aromatic N) is 1. The van der Waals surface area contributed by atoms with Crippen molar-refractivity contribution >= 4 is 15.9 Å². The van der Waals surface area contributed by atoms with Crippen LogP contribution in [0.15, 0.2) is 22.7 Å². The molecule has 0 amide bonds. The summed E-state index contributed by atoms with van der Waals surface area (Å²) in [4.78, 5) is 2.69. The van der Waals surface area contributed by atoms with Crippen LogP contribution in [0.25, 0.3) is 0 Å². The summed E-state index contributed by atoms with van der Waals surface area (Å²) >= 11 is 3.70. The third-order valence-electron chi connectivity index (χ3n) is 5.95. The molecular weight excluding hydrogens is 376 g/mol. The summed E-state index contributed by atoms with van der Waals surface area (Å²) in [5.74, 6) is 2.70. The minimum Gasteiger partial charge on any atom is -0.497 e. The molecule has 0 aliphatic carbocycles. The zero-order valence-electron chi connectivity index (χ0n) is 15.6. The third kappa shape index (κ3) is 5.97. The van der Waals surface area contributed by atoms with Crippen LogP contribution < -0.4 is 10.1 Å². The van der Waals surface area contributed by atoms with Crippen molar-refractivity contribution in [3.8, 4) is 5.75 Å². The molecule has 25 heavy (non-hydrogen) atoms. The maximum Gasteiger partial charge on any atom is 0.119 e. The fourth-order valence-electron chi connectivity index (χ4n) is 4.33. The van der Waals surface area contributed by atoms with Gasteiger partial charge in [-0.2, -0.15) is 0 Å². The van der Waals surface area contributed by atoms with Crippen molar-refractivity contribution in [2.75, 3.05) is 39.8 Å². The number of benzene rings is 1. The molecule has 0 spiro atoms. The molecule has 1 unspecified atom stereocenters. The van der Waals surface area contributed by atoms with Crippen molar-refractivity contribution < 1.29 is 4.74 Å². The molecule has 3 nitrogen and oxygen atoms in total. The van der Waals surface area contributed by atoms with Crippen LogP contribution in [0.2, 0.25) is 0 Å². The summed E-state index contributed by atoms with van der Waals surface area (Å²) in [6.07, 6.45) is 9.41. The van der Waals surface area contributed by atoms with Gasteiger partial charge in [-0.05, 0) is 113 Å². The molecule has 4 heteroatoms. The van der Waals surface area contributed by atoms with Crippen LogP contribution in [0.3, 0.4) is 0 Å². The minimum atomic E-state index is 0.808. The normalized spacial score (nSPS) is 22.9. The highest BCUT2D eigenvalue weighted by Crippen LogP contribution is 2.29. The van der Waals surface area contributed by atoms with Gasteiger partial charge >= 0.3 is 0 Å². The highest BCUT2D eigenvalue weighted by atomic mass is 79.9. The lowest BCUT2D eigenvalue weighted by molar-refractivity contribution is 0.176. The molecular formula is C21H33BrN2O. The van der Waals surface area contributed by atoms with E-state index in [1.54, 1.807) is 7.11 Å². The van der Waals surface area contributed by atoms with Gasteiger partial charge < -0.3 is 15.0 Å². The average Bonchev–Trinajstić information content (AvgIpc) is 2.66. The van der Waals surface area contributed by atoms with Crippen LogP contribution >= 0.6 is 15.9 Å². The van der Waals surface area contributed by atoms with E-state index in [-0.39, 0.29) is 0 Å². The van der Waals surface area contributed by atoms with Gasteiger partial charge in [0.2, 0.25) is 0 Å². The number of likely N-dealkylation sites (tertiary alicyclic amines) is 1. The number of ether oxygens (including phenoxy) is 1. The van der Waals surface area contributed by atoms with Gasteiger partial charge in [-0.25, -0.2) is 0 Å². The van der Waals surface area contributed by atoms with Crippen LogP contribution in [-0.4, -0.2) is 44.7 Å². The van der Waals surface area contributed by atoms with Gasteiger partial charge in [0.15, 0.2) is 0 Å². The second kappa shape index (κ2) is 9.94. The van der Waals surface area contributed by atoms with Gasteiger partial charge in [0, 0.05) is 4.47 Å². The second-order valence-corrected chi connectivity index (χ2v) is 8.66. The van der Waals surface area contributed by atoms with E-state index in [1.165, 1.54) is 87.7 Å². The second-order valence-electron chi connectivity index (χ2n) is 7.80. The van der Waals surface area contributed by atoms with Crippen molar-refractivity contribution in [1.82, 2.24) is 10.2 Å². The molecule has 3 rings (SSSR count). The first-order valence-electron chi connectivity index (χ1n) is 10.00. The third-order valence-corrected chi connectivity index (χ3v) is 6.73. The van der Waals surface area contributed by atoms with E-state index in [9.17, 15) is 0 Å². The summed E-state index contributed by atoms with van der Waals surface area (Å²) in [7, 11) is 1.74. The Balaban J connectivity index is 1.37. The summed E-state index contributed by atoms with van der Waals surface area (Å²) in [6, 6.07) is 6.33. The standard InChI is InChI=1S/C21H33BrN2O/c1-25-20-6-7-21(22)19(15-20)14-17-8-12-24(13-9-17)11-3-5-18-4-2-10-23-16-18/h6-7,15,17-18,23H,2-5,8-14,16H2,1H3. The quantitative estimate of drug-likeness (QED) is 0.718. The molecule has 1 aromatic carbocycles. The Labute approximate surface area is 161 Å². The van der Waals surface area contributed by atoms with Gasteiger partial charge in [0.25, 0.3) is 0 Å². The SMILES string of the molecule is COc1ccc(Br)c(CC2CCN(CCCC3CCCNC3)CC2)c1. The van der Waals surface area contributed by atoms with Crippen molar-refractivity contribution in [2.45, 2.75) is 44.9 Å². The Hall–Kier alpha value is -0.580. The molecule has 2 aliphatic heterocycles. The van der Waals surface area contributed by atoms with Crippen LogP contribution in [0.4, 0.5) is 0 Å². The lowest BCUT2D eigenvalue weighted by Crippen LogP contribution is -2.35. The van der Waals surface area contributed by atoms with Crippen molar-refractivity contribution in [3.63, 3.8) is 0 Å². The maximum atomic E-state index is 5.38. The zero-order chi connectivity index (χ0) is 17.5. The molecule has 1 N–H and O–H groups in total. The lowest BCUT2D eigenvalue weighted by Gasteiger charge is -2.32. The van der Waals surface area contributed by atoms with Gasteiger partial charge in [-0.15, -0.1) is 0 Å². The molecule has 2 fully saturated rings. The highest BCUT2D eigenvalue weighted by Gasteiger charge is 2.21. The van der Waals surface area contributed by atoms with Gasteiger partial charge in [0.05, 0.1) is 7.11 Å². The van der Waals surface area contributed by atoms with E-state index in [2.05, 4.69) is 38.3 Å². The van der Waals surface area contributed by atoms with Crippen molar-refractivity contribution in [2.24, 2.45) is 11.8 Å². The summed E-state index contributed by atoms with van der Waals surface area (Å²) < 4.78 is 6.60. The first kappa shape index (κ1) is 19.2. The van der Waals surface area contributed by atoms with Crippen LogP contribution in [0, 0.1) is 11.8 Å². The fourth-order valence-corrected chi connectivity index (χ4v) is 4.74. The Morgan fingerprint density at radius 1 is 1.20 bits per heavy atom. The van der Waals surface area contributed by atoms with E-state index in [0.29, 0.717) is 0 Å². The Bertz CT molecular complexity index is 523. The first-order valence-corrected chi connectivity index (χ1v) is 10.8. The van der Waals surface area contributed by atoms with Crippen LogP contribution in [0.1, 0.15) is 44.1 Å². The maximum absolute atomic E-state index is 5.38. The smallest absolute Gasteiger partial charge is 0.119 e. The van der Waals surface area contributed by atoms with E-state index in [4.69, 9.17) is 4.74 Å².